The Hall–Kier alpha value is -4.14. The van der Waals surface area contributed by atoms with Crippen molar-refractivity contribution < 1.29 is 19.5 Å². The van der Waals surface area contributed by atoms with Crippen molar-refractivity contribution in [2.24, 2.45) is 0 Å². The van der Waals surface area contributed by atoms with Gasteiger partial charge in [0.2, 0.25) is 5.91 Å². The van der Waals surface area contributed by atoms with Crippen molar-refractivity contribution in [3.63, 3.8) is 0 Å². The Morgan fingerprint density at radius 3 is 2.49 bits per heavy atom. The third kappa shape index (κ3) is 4.49. The number of hydroxylamine groups is 1. The Morgan fingerprint density at radius 2 is 1.77 bits per heavy atom. The number of hydrogen-bond donors (Lipinski definition) is 5. The monoisotopic (exact) mass is 470 g/mol. The molecule has 5 rings (SSSR count). The van der Waals surface area contributed by atoms with E-state index in [9.17, 15) is 9.59 Å². The molecule has 2 amide bonds. The number of fused-ring (bicyclic) bond motifs is 3. The fourth-order valence-corrected chi connectivity index (χ4v) is 4.61. The highest BCUT2D eigenvalue weighted by atomic mass is 16.5. The van der Waals surface area contributed by atoms with Gasteiger partial charge in [0.25, 0.3) is 5.91 Å². The molecule has 35 heavy (non-hydrogen) atoms. The van der Waals surface area contributed by atoms with Crippen LogP contribution in [0.1, 0.15) is 38.8 Å². The van der Waals surface area contributed by atoms with Crippen molar-refractivity contribution in [1.82, 2.24) is 21.1 Å². The normalized spacial score (nSPS) is 17.0. The minimum atomic E-state index is -0.578. The molecular weight excluding hydrogens is 444 g/mol. The maximum absolute atomic E-state index is 13.2. The van der Waals surface area contributed by atoms with Crippen LogP contribution in [0.3, 0.4) is 0 Å². The van der Waals surface area contributed by atoms with E-state index < -0.39 is 11.9 Å². The number of nitrogens with one attached hydrogen (secondary N) is 4. The summed E-state index contributed by atoms with van der Waals surface area (Å²) in [5, 5.41) is 16.4. The van der Waals surface area contributed by atoms with Crippen molar-refractivity contribution in [2.45, 2.75) is 25.0 Å². The van der Waals surface area contributed by atoms with E-state index in [1.54, 1.807) is 36.9 Å². The first-order valence-electron chi connectivity index (χ1n) is 11.4. The van der Waals surface area contributed by atoms with Crippen LogP contribution in [0.25, 0.3) is 10.9 Å². The van der Waals surface area contributed by atoms with Crippen LogP contribution in [-0.4, -0.2) is 35.2 Å². The molecule has 0 radical (unpaired) electrons. The van der Waals surface area contributed by atoms with Gasteiger partial charge in [-0.2, -0.15) is 0 Å². The smallest absolute Gasteiger partial charge is 0.274 e. The van der Waals surface area contributed by atoms with Gasteiger partial charge in [0, 0.05) is 28.7 Å². The summed E-state index contributed by atoms with van der Waals surface area (Å²) in [5.74, 6) is 0.0981. The lowest BCUT2D eigenvalue weighted by atomic mass is 9.90. The second kappa shape index (κ2) is 9.61. The molecule has 0 fully saturated rings. The van der Waals surface area contributed by atoms with Crippen LogP contribution in [0.5, 0.6) is 5.75 Å². The Bertz CT molecular complexity index is 1360. The second-order valence-corrected chi connectivity index (χ2v) is 8.55. The fourth-order valence-electron chi connectivity index (χ4n) is 4.61. The molecule has 0 bridgehead atoms. The number of ether oxygens (including phenoxy) is 1. The van der Waals surface area contributed by atoms with Gasteiger partial charge in [-0.15, -0.1) is 0 Å². The predicted octanol–water partition coefficient (Wildman–Crippen LogP) is 3.22. The summed E-state index contributed by atoms with van der Waals surface area (Å²) >= 11 is 0. The molecule has 1 aromatic heterocycles. The van der Waals surface area contributed by atoms with Gasteiger partial charge in [0.15, 0.2) is 0 Å². The Balaban J connectivity index is 1.38. The van der Waals surface area contributed by atoms with Crippen LogP contribution in [-0.2, 0) is 17.8 Å². The highest BCUT2D eigenvalue weighted by Gasteiger charge is 2.33. The van der Waals surface area contributed by atoms with E-state index in [0.29, 0.717) is 18.5 Å². The van der Waals surface area contributed by atoms with Crippen molar-refractivity contribution in [2.75, 3.05) is 7.11 Å². The largest absolute Gasteiger partial charge is 0.497 e. The van der Waals surface area contributed by atoms with E-state index in [-0.39, 0.29) is 11.9 Å². The Kier molecular flexibility index (Phi) is 6.22. The molecule has 0 unspecified atom stereocenters. The standard InChI is InChI=1S/C27H26N4O4/c1-35-19-12-10-17(11-13-19)24-25-21(20-4-2-3-5-22(20)29-25)14-23(30-24)27(33)28-15-16-6-8-18(9-7-16)26(32)31-34/h2-13,23-24,29-30,34H,14-15H2,1H3,(H,28,33)(H,31,32)/t23-,24+/m0/s1. The van der Waals surface area contributed by atoms with Gasteiger partial charge < -0.3 is 15.0 Å². The second-order valence-electron chi connectivity index (χ2n) is 8.55. The Morgan fingerprint density at radius 1 is 1.03 bits per heavy atom. The quantitative estimate of drug-likeness (QED) is 0.219. The van der Waals surface area contributed by atoms with Crippen LogP contribution >= 0.6 is 0 Å². The number of methoxy groups -OCH3 is 1. The summed E-state index contributed by atoms with van der Waals surface area (Å²) in [4.78, 5) is 28.3. The molecular formula is C27H26N4O4. The van der Waals surface area contributed by atoms with Crippen LogP contribution in [0, 0.1) is 0 Å². The number of amides is 2. The highest BCUT2D eigenvalue weighted by molar-refractivity contribution is 5.93. The lowest BCUT2D eigenvalue weighted by Gasteiger charge is -2.31. The van der Waals surface area contributed by atoms with Crippen molar-refractivity contribution in [3.05, 3.63) is 101 Å². The van der Waals surface area contributed by atoms with Crippen LogP contribution in [0.4, 0.5) is 0 Å². The minimum absolute atomic E-state index is 0.100. The molecule has 0 spiro atoms. The molecule has 5 N–H and O–H groups in total. The molecule has 3 aromatic carbocycles. The van der Waals surface area contributed by atoms with E-state index in [1.807, 2.05) is 36.4 Å². The molecule has 0 saturated carbocycles. The van der Waals surface area contributed by atoms with E-state index in [4.69, 9.17) is 9.94 Å². The molecule has 0 aliphatic carbocycles. The highest BCUT2D eigenvalue weighted by Crippen LogP contribution is 2.35. The minimum Gasteiger partial charge on any atom is -0.497 e. The summed E-state index contributed by atoms with van der Waals surface area (Å²) < 4.78 is 5.31. The van der Waals surface area contributed by atoms with Crippen molar-refractivity contribution in [1.29, 1.82) is 0 Å². The van der Waals surface area contributed by atoms with Gasteiger partial charge in [0.1, 0.15) is 5.75 Å². The first-order valence-corrected chi connectivity index (χ1v) is 11.4. The van der Waals surface area contributed by atoms with E-state index in [2.05, 4.69) is 27.8 Å². The Labute approximate surface area is 202 Å². The maximum Gasteiger partial charge on any atom is 0.274 e. The number of benzene rings is 3. The van der Waals surface area contributed by atoms with Crippen molar-refractivity contribution >= 4 is 22.7 Å². The number of carbonyl (C=O) groups is 2. The number of H-pyrrole nitrogens is 1. The summed E-state index contributed by atoms with van der Waals surface area (Å²) in [6.07, 6.45) is 0.563. The number of aromatic amines is 1. The van der Waals surface area contributed by atoms with E-state index in [0.717, 1.165) is 39.0 Å². The van der Waals surface area contributed by atoms with Gasteiger partial charge in [-0.05, 0) is 53.4 Å². The zero-order valence-electron chi connectivity index (χ0n) is 19.2. The fraction of sp³-hybridized carbons (Fsp3) is 0.185. The average Bonchev–Trinajstić information content (AvgIpc) is 3.30. The van der Waals surface area contributed by atoms with Crippen LogP contribution in [0.15, 0.2) is 72.8 Å². The topological polar surface area (TPSA) is 115 Å². The first-order chi connectivity index (χ1) is 17.1. The number of carbonyl (C=O) groups excluding carboxylic acids is 2. The molecule has 4 aromatic rings. The molecule has 178 valence electrons. The zero-order valence-corrected chi connectivity index (χ0v) is 19.2. The number of para-hydroxylation sites is 1. The molecule has 8 nitrogen and oxygen atoms in total. The lowest BCUT2D eigenvalue weighted by Crippen LogP contribution is -2.49. The molecule has 0 saturated heterocycles. The van der Waals surface area contributed by atoms with Gasteiger partial charge in [-0.3, -0.25) is 20.1 Å². The maximum atomic E-state index is 13.2. The van der Waals surface area contributed by atoms with Crippen molar-refractivity contribution in [3.8, 4) is 5.75 Å². The summed E-state index contributed by atoms with van der Waals surface area (Å²) in [6.45, 7) is 0.325. The van der Waals surface area contributed by atoms with E-state index >= 15 is 0 Å². The third-order valence-corrected chi connectivity index (χ3v) is 6.46. The van der Waals surface area contributed by atoms with Gasteiger partial charge in [0.05, 0.1) is 19.2 Å². The van der Waals surface area contributed by atoms with Crippen LogP contribution in [0.2, 0.25) is 0 Å². The first kappa shape index (κ1) is 22.6. The summed E-state index contributed by atoms with van der Waals surface area (Å²) in [6, 6.07) is 22.1. The van der Waals surface area contributed by atoms with Gasteiger partial charge in [-0.1, -0.05) is 42.5 Å². The molecule has 2 heterocycles. The molecule has 1 aliphatic rings. The average molecular weight is 471 g/mol. The molecule has 8 heteroatoms. The number of aromatic nitrogens is 1. The number of hydrogen-bond acceptors (Lipinski definition) is 5. The molecule has 1 aliphatic heterocycles. The lowest BCUT2D eigenvalue weighted by molar-refractivity contribution is -0.123. The SMILES string of the molecule is COc1ccc([C@H]2N[C@H](C(=O)NCc3ccc(C(=O)NO)cc3)Cc3c2[nH]c2ccccc32)cc1. The van der Waals surface area contributed by atoms with Gasteiger partial charge >= 0.3 is 0 Å². The summed E-state index contributed by atoms with van der Waals surface area (Å²) in [5.41, 5.74) is 7.09. The zero-order chi connectivity index (χ0) is 24.4. The summed E-state index contributed by atoms with van der Waals surface area (Å²) in [7, 11) is 1.64. The number of rotatable bonds is 6. The predicted molar refractivity (Wildman–Crippen MR) is 131 cm³/mol. The van der Waals surface area contributed by atoms with E-state index in [1.165, 1.54) is 0 Å². The van der Waals surface area contributed by atoms with Crippen LogP contribution < -0.4 is 20.9 Å². The van der Waals surface area contributed by atoms with Gasteiger partial charge in [-0.25, -0.2) is 5.48 Å². The third-order valence-electron chi connectivity index (χ3n) is 6.46. The molecule has 2 atom stereocenters.